The van der Waals surface area contributed by atoms with Gasteiger partial charge in [0, 0.05) is 6.20 Å². The maximum absolute atomic E-state index is 9.77. The minimum atomic E-state index is -0.232. The Hall–Kier alpha value is -1.50. The molecule has 0 saturated carbocycles. The fourth-order valence-electron chi connectivity index (χ4n) is 0.511. The van der Waals surface area contributed by atoms with Crippen molar-refractivity contribution < 1.29 is 9.59 Å². The summed E-state index contributed by atoms with van der Waals surface area (Å²) in [6, 6.07) is -0.232. The summed E-state index contributed by atoms with van der Waals surface area (Å²) in [5.74, 6) is 0. The van der Waals surface area contributed by atoms with Crippen LogP contribution in [0, 0.1) is 0 Å². The van der Waals surface area contributed by atoms with Gasteiger partial charge in [-0.05, 0) is 12.5 Å². The number of aliphatic imine (C=N–C) groups is 2. The molecule has 0 aliphatic rings. The highest BCUT2D eigenvalue weighted by Gasteiger charge is 1.94. The first-order chi connectivity index (χ1) is 5.35. The van der Waals surface area contributed by atoms with Crippen LogP contribution in [0.1, 0.15) is 13.3 Å². The second-order valence-electron chi connectivity index (χ2n) is 1.76. The molecule has 0 aromatic carbocycles. The molecular formula is C7H8N2O2. The van der Waals surface area contributed by atoms with Gasteiger partial charge in [0.2, 0.25) is 12.2 Å². The van der Waals surface area contributed by atoms with Gasteiger partial charge in [-0.1, -0.05) is 6.92 Å². The highest BCUT2D eigenvalue weighted by atomic mass is 16.1. The molecule has 4 nitrogen and oxygen atoms in total. The summed E-state index contributed by atoms with van der Waals surface area (Å²) in [5, 5.41) is 0. The van der Waals surface area contributed by atoms with E-state index in [4.69, 9.17) is 0 Å². The Balaban J connectivity index is 4.06. The van der Waals surface area contributed by atoms with E-state index in [-0.39, 0.29) is 6.04 Å². The zero-order valence-electron chi connectivity index (χ0n) is 6.15. The van der Waals surface area contributed by atoms with E-state index in [0.717, 1.165) is 0 Å². The first-order valence-electron chi connectivity index (χ1n) is 3.15. The predicted molar refractivity (Wildman–Crippen MR) is 39.5 cm³/mol. The fourth-order valence-corrected chi connectivity index (χ4v) is 0.511. The minimum absolute atomic E-state index is 0.232. The predicted octanol–water partition coefficient (Wildman–Crippen LogP) is 0.950. The van der Waals surface area contributed by atoms with E-state index in [1.54, 1.807) is 0 Å². The molecule has 0 aliphatic heterocycles. The molecule has 1 unspecified atom stereocenters. The Morgan fingerprint density at radius 2 is 2.18 bits per heavy atom. The van der Waals surface area contributed by atoms with Crippen molar-refractivity contribution >= 4 is 12.2 Å². The van der Waals surface area contributed by atoms with E-state index in [1.807, 2.05) is 6.92 Å². The lowest BCUT2D eigenvalue weighted by Crippen LogP contribution is -1.95. The van der Waals surface area contributed by atoms with Crippen molar-refractivity contribution in [2.75, 3.05) is 0 Å². The SMILES string of the molecule is CCC(C=CN=C=O)N=C=O. The standard InChI is InChI=1S/C7H8N2O2/c1-2-7(9-6-11)3-4-8-5-10/h3-4,7H,2H2,1H3. The summed E-state index contributed by atoms with van der Waals surface area (Å²) in [6.45, 7) is 1.86. The third-order valence-electron chi connectivity index (χ3n) is 1.07. The lowest BCUT2D eigenvalue weighted by molar-refractivity contribution is 0.559. The first kappa shape index (κ1) is 9.50. The molecule has 0 amide bonds. The molecule has 0 aliphatic carbocycles. The Morgan fingerprint density at radius 3 is 2.64 bits per heavy atom. The molecule has 58 valence electrons. The van der Waals surface area contributed by atoms with Crippen molar-refractivity contribution in [1.29, 1.82) is 0 Å². The van der Waals surface area contributed by atoms with Gasteiger partial charge in [-0.15, -0.1) is 0 Å². The number of hydrogen-bond donors (Lipinski definition) is 0. The Bertz CT molecular complexity index is 223. The molecule has 0 aromatic rings. The average molecular weight is 152 g/mol. The van der Waals surface area contributed by atoms with Crippen LogP contribution in [-0.2, 0) is 9.59 Å². The van der Waals surface area contributed by atoms with Gasteiger partial charge in [0.1, 0.15) is 0 Å². The second kappa shape index (κ2) is 6.62. The molecule has 0 spiro atoms. The van der Waals surface area contributed by atoms with Gasteiger partial charge in [-0.25, -0.2) is 9.59 Å². The summed E-state index contributed by atoms with van der Waals surface area (Å²) < 4.78 is 0. The van der Waals surface area contributed by atoms with Crippen molar-refractivity contribution in [2.45, 2.75) is 19.4 Å². The number of isocyanates is 2. The van der Waals surface area contributed by atoms with Gasteiger partial charge in [0.15, 0.2) is 0 Å². The Labute approximate surface area is 64.4 Å². The summed E-state index contributed by atoms with van der Waals surface area (Å²) in [6.07, 6.45) is 6.25. The van der Waals surface area contributed by atoms with Crippen LogP contribution in [0.15, 0.2) is 22.3 Å². The van der Waals surface area contributed by atoms with E-state index in [0.29, 0.717) is 6.42 Å². The van der Waals surface area contributed by atoms with Crippen LogP contribution in [0.25, 0.3) is 0 Å². The molecule has 0 bridgehead atoms. The van der Waals surface area contributed by atoms with Crippen LogP contribution in [-0.4, -0.2) is 18.2 Å². The molecule has 0 radical (unpaired) electrons. The normalized spacial score (nSPS) is 11.7. The van der Waals surface area contributed by atoms with Crippen LogP contribution in [0.2, 0.25) is 0 Å². The van der Waals surface area contributed by atoms with Crippen LogP contribution in [0.4, 0.5) is 0 Å². The van der Waals surface area contributed by atoms with Crippen molar-refractivity contribution in [3.8, 4) is 0 Å². The van der Waals surface area contributed by atoms with Crippen LogP contribution in [0.5, 0.6) is 0 Å². The summed E-state index contributed by atoms with van der Waals surface area (Å²) in [7, 11) is 0. The third-order valence-corrected chi connectivity index (χ3v) is 1.07. The van der Waals surface area contributed by atoms with Gasteiger partial charge in [0.25, 0.3) is 0 Å². The molecule has 0 N–H and O–H groups in total. The summed E-state index contributed by atoms with van der Waals surface area (Å²) in [4.78, 5) is 26.0. The third kappa shape index (κ3) is 4.97. The van der Waals surface area contributed by atoms with E-state index in [2.05, 4.69) is 9.98 Å². The van der Waals surface area contributed by atoms with Gasteiger partial charge >= 0.3 is 0 Å². The van der Waals surface area contributed by atoms with E-state index < -0.39 is 0 Å². The fraction of sp³-hybridized carbons (Fsp3) is 0.429. The van der Waals surface area contributed by atoms with E-state index in [9.17, 15) is 9.59 Å². The van der Waals surface area contributed by atoms with Gasteiger partial charge < -0.3 is 0 Å². The molecule has 1 atom stereocenters. The molecule has 0 fully saturated rings. The average Bonchev–Trinajstić information content (AvgIpc) is 2.03. The first-order valence-corrected chi connectivity index (χ1v) is 3.15. The molecule has 11 heavy (non-hydrogen) atoms. The lowest BCUT2D eigenvalue weighted by atomic mass is 10.2. The number of rotatable bonds is 4. The lowest BCUT2D eigenvalue weighted by Gasteiger charge is -1.95. The summed E-state index contributed by atoms with van der Waals surface area (Å²) >= 11 is 0. The van der Waals surface area contributed by atoms with Crippen LogP contribution in [0.3, 0.4) is 0 Å². The van der Waals surface area contributed by atoms with Gasteiger partial charge in [-0.2, -0.15) is 9.98 Å². The maximum atomic E-state index is 9.77. The molecule has 4 heteroatoms. The molecule has 0 heterocycles. The molecule has 0 rings (SSSR count). The zero-order valence-corrected chi connectivity index (χ0v) is 6.15. The van der Waals surface area contributed by atoms with Gasteiger partial charge in [-0.3, -0.25) is 0 Å². The second-order valence-corrected chi connectivity index (χ2v) is 1.76. The van der Waals surface area contributed by atoms with Crippen LogP contribution >= 0.6 is 0 Å². The van der Waals surface area contributed by atoms with Crippen molar-refractivity contribution in [3.63, 3.8) is 0 Å². The van der Waals surface area contributed by atoms with Crippen LogP contribution < -0.4 is 0 Å². The highest BCUT2D eigenvalue weighted by Crippen LogP contribution is 1.97. The number of nitrogens with zero attached hydrogens (tertiary/aromatic N) is 2. The van der Waals surface area contributed by atoms with Crippen molar-refractivity contribution in [1.82, 2.24) is 0 Å². The Kier molecular flexibility index (Phi) is 5.72. The van der Waals surface area contributed by atoms with Crippen molar-refractivity contribution in [3.05, 3.63) is 12.3 Å². The largest absolute Gasteiger partial charge is 0.239 e. The van der Waals surface area contributed by atoms with E-state index in [1.165, 1.54) is 24.4 Å². The molecular weight excluding hydrogens is 144 g/mol. The quantitative estimate of drug-likeness (QED) is 0.444. The zero-order chi connectivity index (χ0) is 8.53. The minimum Gasteiger partial charge on any atom is -0.211 e. The topological polar surface area (TPSA) is 58.9 Å². The maximum Gasteiger partial charge on any atom is 0.239 e. The van der Waals surface area contributed by atoms with Crippen molar-refractivity contribution in [2.24, 2.45) is 9.98 Å². The molecule has 0 aromatic heterocycles. The summed E-state index contributed by atoms with van der Waals surface area (Å²) in [5.41, 5.74) is 0. The van der Waals surface area contributed by atoms with E-state index >= 15 is 0 Å². The highest BCUT2D eigenvalue weighted by molar-refractivity contribution is 5.36. The van der Waals surface area contributed by atoms with Gasteiger partial charge in [0.05, 0.1) is 6.04 Å². The number of carbonyl (C=O) groups excluding carboxylic acids is 2. The monoisotopic (exact) mass is 152 g/mol. The smallest absolute Gasteiger partial charge is 0.211 e. The molecule has 0 saturated heterocycles. The number of hydrogen-bond acceptors (Lipinski definition) is 4. The Morgan fingerprint density at radius 1 is 1.45 bits per heavy atom.